The molecule has 0 aliphatic carbocycles. The first-order valence-corrected chi connectivity index (χ1v) is 10.3. The average Bonchev–Trinajstić information content (AvgIpc) is 3.29. The second kappa shape index (κ2) is 8.60. The topological polar surface area (TPSA) is 77.6 Å². The van der Waals surface area contributed by atoms with E-state index in [9.17, 15) is 4.79 Å². The summed E-state index contributed by atoms with van der Waals surface area (Å²) in [5.41, 5.74) is 2.18. The molecule has 0 saturated heterocycles. The molecular formula is C20H26N6OS. The number of carbonyl (C=O) groups is 1. The Labute approximate surface area is 169 Å². The first-order valence-electron chi connectivity index (χ1n) is 9.38. The van der Waals surface area contributed by atoms with Crippen molar-refractivity contribution in [1.82, 2.24) is 24.5 Å². The van der Waals surface area contributed by atoms with E-state index in [0.717, 1.165) is 23.4 Å². The number of nitrogens with one attached hydrogen (secondary N) is 1. The minimum absolute atomic E-state index is 0.0875. The van der Waals surface area contributed by atoms with Crippen molar-refractivity contribution in [2.75, 3.05) is 5.32 Å². The molecule has 0 saturated carbocycles. The van der Waals surface area contributed by atoms with Crippen LogP contribution in [0.1, 0.15) is 38.8 Å². The summed E-state index contributed by atoms with van der Waals surface area (Å²) < 4.78 is 3.77. The number of anilines is 1. The fourth-order valence-corrected chi connectivity index (χ4v) is 3.67. The van der Waals surface area contributed by atoms with E-state index in [1.807, 2.05) is 60.5 Å². The van der Waals surface area contributed by atoms with Crippen molar-refractivity contribution < 1.29 is 4.79 Å². The van der Waals surface area contributed by atoms with Crippen LogP contribution < -0.4 is 5.32 Å². The molecule has 1 aromatic carbocycles. The van der Waals surface area contributed by atoms with Gasteiger partial charge in [0, 0.05) is 18.7 Å². The molecule has 7 nitrogen and oxygen atoms in total. The second-order valence-corrected chi connectivity index (χ2v) is 8.16. The average molecular weight is 399 g/mol. The van der Waals surface area contributed by atoms with Crippen LogP contribution in [0.3, 0.4) is 0 Å². The molecular weight excluding hydrogens is 372 g/mol. The molecule has 2 aromatic heterocycles. The zero-order valence-electron chi connectivity index (χ0n) is 16.9. The molecule has 3 rings (SSSR count). The number of rotatable bonds is 7. The summed E-state index contributed by atoms with van der Waals surface area (Å²) in [5.74, 6) is 1.42. The van der Waals surface area contributed by atoms with Gasteiger partial charge in [-0.25, -0.2) is 4.68 Å². The van der Waals surface area contributed by atoms with Gasteiger partial charge < -0.3 is 9.88 Å². The zero-order chi connectivity index (χ0) is 20.3. The lowest BCUT2D eigenvalue weighted by Crippen LogP contribution is -2.25. The van der Waals surface area contributed by atoms with Crippen LogP contribution >= 0.6 is 11.8 Å². The second-order valence-electron chi connectivity index (χ2n) is 6.85. The Morgan fingerprint density at radius 3 is 2.68 bits per heavy atom. The van der Waals surface area contributed by atoms with E-state index in [1.54, 1.807) is 6.20 Å². The third-order valence-electron chi connectivity index (χ3n) is 4.80. The van der Waals surface area contributed by atoms with E-state index in [2.05, 4.69) is 34.5 Å². The minimum Gasteiger partial charge on any atom is -0.310 e. The number of aromatic nitrogens is 5. The van der Waals surface area contributed by atoms with E-state index in [4.69, 9.17) is 0 Å². The summed E-state index contributed by atoms with van der Waals surface area (Å²) in [6.45, 7) is 8.09. The van der Waals surface area contributed by atoms with Gasteiger partial charge in [-0.1, -0.05) is 43.0 Å². The van der Waals surface area contributed by atoms with Gasteiger partial charge in [-0.2, -0.15) is 5.10 Å². The Morgan fingerprint density at radius 2 is 1.96 bits per heavy atom. The zero-order valence-corrected chi connectivity index (χ0v) is 17.7. The van der Waals surface area contributed by atoms with E-state index >= 15 is 0 Å². The SMILES string of the molecule is CC[C@H](C)n1nccc1NC(=O)[C@H](C)Sc1nnc(-c2ccccc2C)n1C. The van der Waals surface area contributed by atoms with Crippen molar-refractivity contribution in [2.45, 2.75) is 50.6 Å². The Balaban J connectivity index is 1.72. The summed E-state index contributed by atoms with van der Waals surface area (Å²) in [4.78, 5) is 12.7. The van der Waals surface area contributed by atoms with Gasteiger partial charge in [0.25, 0.3) is 0 Å². The van der Waals surface area contributed by atoms with Crippen molar-refractivity contribution in [3.63, 3.8) is 0 Å². The molecule has 3 aromatic rings. The highest BCUT2D eigenvalue weighted by Gasteiger charge is 2.21. The van der Waals surface area contributed by atoms with Gasteiger partial charge in [-0.15, -0.1) is 10.2 Å². The molecule has 28 heavy (non-hydrogen) atoms. The summed E-state index contributed by atoms with van der Waals surface area (Å²) >= 11 is 1.39. The highest BCUT2D eigenvalue weighted by Crippen LogP contribution is 2.28. The van der Waals surface area contributed by atoms with Gasteiger partial charge in [0.15, 0.2) is 11.0 Å². The van der Waals surface area contributed by atoms with Crippen LogP contribution in [0.5, 0.6) is 0 Å². The molecule has 8 heteroatoms. The Morgan fingerprint density at radius 1 is 1.21 bits per heavy atom. The van der Waals surface area contributed by atoms with Gasteiger partial charge in [0.2, 0.25) is 5.91 Å². The van der Waals surface area contributed by atoms with Gasteiger partial charge in [0.1, 0.15) is 5.82 Å². The van der Waals surface area contributed by atoms with E-state index < -0.39 is 0 Å². The fourth-order valence-electron chi connectivity index (χ4n) is 2.85. The normalized spacial score (nSPS) is 13.3. The summed E-state index contributed by atoms with van der Waals surface area (Å²) in [5, 5.41) is 16.3. The lowest BCUT2D eigenvalue weighted by molar-refractivity contribution is -0.115. The number of hydrogen-bond acceptors (Lipinski definition) is 5. The van der Waals surface area contributed by atoms with Crippen LogP contribution in [0.25, 0.3) is 11.4 Å². The quantitative estimate of drug-likeness (QED) is 0.607. The van der Waals surface area contributed by atoms with Crippen molar-refractivity contribution >= 4 is 23.5 Å². The fraction of sp³-hybridized carbons (Fsp3) is 0.400. The maximum atomic E-state index is 12.7. The monoisotopic (exact) mass is 398 g/mol. The number of hydrogen-bond donors (Lipinski definition) is 1. The number of nitrogens with zero attached hydrogens (tertiary/aromatic N) is 5. The molecule has 2 atom stereocenters. The maximum absolute atomic E-state index is 12.7. The van der Waals surface area contributed by atoms with Gasteiger partial charge in [0.05, 0.1) is 17.5 Å². The summed E-state index contributed by atoms with van der Waals surface area (Å²) in [7, 11) is 1.92. The third kappa shape index (κ3) is 4.11. The smallest absolute Gasteiger partial charge is 0.238 e. The molecule has 1 N–H and O–H groups in total. The highest BCUT2D eigenvalue weighted by atomic mass is 32.2. The van der Waals surface area contributed by atoms with E-state index in [1.165, 1.54) is 11.8 Å². The van der Waals surface area contributed by atoms with Crippen LogP contribution in [0, 0.1) is 6.92 Å². The number of thioether (sulfide) groups is 1. The van der Waals surface area contributed by atoms with Crippen molar-refractivity contribution in [2.24, 2.45) is 7.05 Å². The minimum atomic E-state index is -0.326. The Hall–Kier alpha value is -2.61. The molecule has 0 aliphatic heterocycles. The Bertz CT molecular complexity index is 963. The summed E-state index contributed by atoms with van der Waals surface area (Å²) in [6.07, 6.45) is 2.65. The van der Waals surface area contributed by atoms with Crippen LogP contribution in [-0.4, -0.2) is 35.7 Å². The molecule has 2 heterocycles. The number of amides is 1. The van der Waals surface area contributed by atoms with E-state index in [-0.39, 0.29) is 17.2 Å². The number of aryl methyl sites for hydroxylation is 1. The number of carbonyl (C=O) groups excluding carboxylic acids is 1. The molecule has 0 radical (unpaired) electrons. The van der Waals surface area contributed by atoms with Gasteiger partial charge in [-0.3, -0.25) is 4.79 Å². The predicted molar refractivity (Wildman–Crippen MR) is 112 cm³/mol. The molecule has 0 bridgehead atoms. The molecule has 1 amide bonds. The standard InChI is InChI=1S/C20H26N6OS/c1-6-14(3)26-17(11-12-21-26)22-19(27)15(4)28-20-24-23-18(25(20)5)16-10-8-7-9-13(16)2/h7-12,14-15H,6H2,1-5H3,(H,22,27)/t14-,15-/m0/s1. The van der Waals surface area contributed by atoms with Crippen LogP contribution in [0.2, 0.25) is 0 Å². The van der Waals surface area contributed by atoms with Gasteiger partial charge >= 0.3 is 0 Å². The highest BCUT2D eigenvalue weighted by molar-refractivity contribution is 8.00. The van der Waals surface area contributed by atoms with Crippen molar-refractivity contribution in [3.05, 3.63) is 42.1 Å². The van der Waals surface area contributed by atoms with Crippen molar-refractivity contribution in [1.29, 1.82) is 0 Å². The summed E-state index contributed by atoms with van der Waals surface area (Å²) in [6, 6.07) is 10.1. The lowest BCUT2D eigenvalue weighted by Gasteiger charge is -2.16. The van der Waals surface area contributed by atoms with Crippen LogP contribution in [-0.2, 0) is 11.8 Å². The van der Waals surface area contributed by atoms with Crippen LogP contribution in [0.4, 0.5) is 5.82 Å². The van der Waals surface area contributed by atoms with Gasteiger partial charge in [-0.05, 0) is 32.8 Å². The van der Waals surface area contributed by atoms with E-state index in [0.29, 0.717) is 11.0 Å². The molecule has 0 fully saturated rings. The van der Waals surface area contributed by atoms with Crippen molar-refractivity contribution in [3.8, 4) is 11.4 Å². The number of benzene rings is 1. The first-order chi connectivity index (χ1) is 13.4. The largest absolute Gasteiger partial charge is 0.310 e. The molecule has 0 aliphatic rings. The molecule has 0 spiro atoms. The lowest BCUT2D eigenvalue weighted by atomic mass is 10.1. The third-order valence-corrected chi connectivity index (χ3v) is 5.94. The maximum Gasteiger partial charge on any atom is 0.238 e. The van der Waals surface area contributed by atoms with Crippen LogP contribution in [0.15, 0.2) is 41.7 Å². The predicted octanol–water partition coefficient (Wildman–Crippen LogP) is 4.08. The first kappa shape index (κ1) is 20.1. The Kier molecular flexibility index (Phi) is 6.18. The molecule has 0 unspecified atom stereocenters. The molecule has 148 valence electrons.